The summed E-state index contributed by atoms with van der Waals surface area (Å²) >= 11 is 0. The van der Waals surface area contributed by atoms with Crippen LogP contribution in [-0.2, 0) is 10.1 Å². The van der Waals surface area contributed by atoms with Crippen molar-refractivity contribution in [3.8, 4) is 0 Å². The van der Waals surface area contributed by atoms with Crippen molar-refractivity contribution in [3.63, 3.8) is 0 Å². The zero-order valence-electron chi connectivity index (χ0n) is 15.4. The minimum atomic E-state index is -4.41. The maximum absolute atomic E-state index is 11.3. The molecular formula is C17H35KO4S. The normalized spacial score (nSPS) is 14.3. The van der Waals surface area contributed by atoms with Gasteiger partial charge in [0, 0.05) is 0 Å². The van der Waals surface area contributed by atoms with Crippen molar-refractivity contribution in [2.24, 2.45) is 0 Å². The van der Waals surface area contributed by atoms with Gasteiger partial charge in [-0.05, 0) is 12.8 Å². The summed E-state index contributed by atoms with van der Waals surface area (Å²) in [6.07, 6.45) is 11.4. The van der Waals surface area contributed by atoms with Gasteiger partial charge in [-0.15, -0.1) is 0 Å². The summed E-state index contributed by atoms with van der Waals surface area (Å²) in [5.74, 6) is 0. The molecule has 2 atom stereocenters. The molecule has 0 spiro atoms. The first-order valence-electron chi connectivity index (χ1n) is 9.06. The SMILES string of the molecule is CCCCCCCCCCC(C(O)CCCCC)S(=O)(=O)[O-].[K+]. The van der Waals surface area contributed by atoms with Crippen LogP contribution in [0.5, 0.6) is 0 Å². The van der Waals surface area contributed by atoms with Crippen LogP contribution in [0.25, 0.3) is 0 Å². The number of aliphatic hydroxyl groups is 1. The molecule has 0 bridgehead atoms. The van der Waals surface area contributed by atoms with E-state index in [0.717, 1.165) is 32.1 Å². The van der Waals surface area contributed by atoms with E-state index in [2.05, 4.69) is 13.8 Å². The van der Waals surface area contributed by atoms with Crippen molar-refractivity contribution in [3.05, 3.63) is 0 Å². The van der Waals surface area contributed by atoms with E-state index in [1.54, 1.807) is 0 Å². The second kappa shape index (κ2) is 16.9. The Morgan fingerprint density at radius 1 is 0.783 bits per heavy atom. The fourth-order valence-electron chi connectivity index (χ4n) is 2.80. The molecule has 0 aromatic rings. The van der Waals surface area contributed by atoms with E-state index in [-0.39, 0.29) is 51.4 Å². The number of aliphatic hydroxyl groups excluding tert-OH is 1. The van der Waals surface area contributed by atoms with Crippen molar-refractivity contribution in [1.29, 1.82) is 0 Å². The van der Waals surface area contributed by atoms with E-state index in [0.29, 0.717) is 19.3 Å². The Balaban J connectivity index is 0. The first kappa shape index (κ1) is 26.7. The van der Waals surface area contributed by atoms with Crippen LogP contribution >= 0.6 is 0 Å². The van der Waals surface area contributed by atoms with Gasteiger partial charge in [-0.1, -0.05) is 84.5 Å². The summed E-state index contributed by atoms with van der Waals surface area (Å²) in [6.45, 7) is 4.24. The minimum absolute atomic E-state index is 0. The number of hydrogen-bond acceptors (Lipinski definition) is 4. The molecule has 0 amide bonds. The summed E-state index contributed by atoms with van der Waals surface area (Å²) in [7, 11) is -4.41. The van der Waals surface area contributed by atoms with Gasteiger partial charge in [0.25, 0.3) is 0 Å². The first-order valence-corrected chi connectivity index (χ1v) is 10.5. The number of rotatable bonds is 15. The molecule has 4 nitrogen and oxygen atoms in total. The van der Waals surface area contributed by atoms with Gasteiger partial charge in [0.2, 0.25) is 0 Å². The third-order valence-corrected chi connectivity index (χ3v) is 5.54. The predicted molar refractivity (Wildman–Crippen MR) is 90.9 cm³/mol. The van der Waals surface area contributed by atoms with Gasteiger partial charge in [0.15, 0.2) is 0 Å². The van der Waals surface area contributed by atoms with E-state index >= 15 is 0 Å². The Morgan fingerprint density at radius 3 is 1.65 bits per heavy atom. The standard InChI is InChI=1S/C17H36O4S.K/c1-3-5-7-8-9-10-11-13-15-17(22(19,20)21)16(18)14-12-6-4-2;/h16-18H,3-15H2,1-2H3,(H,19,20,21);/q;+1/p-1. The third-order valence-electron chi connectivity index (χ3n) is 4.25. The molecule has 1 N–H and O–H groups in total. The van der Waals surface area contributed by atoms with Gasteiger partial charge >= 0.3 is 51.4 Å². The van der Waals surface area contributed by atoms with Gasteiger partial charge in [-0.3, -0.25) is 0 Å². The smallest absolute Gasteiger partial charge is 0.748 e. The Morgan fingerprint density at radius 2 is 1.17 bits per heavy atom. The monoisotopic (exact) mass is 374 g/mol. The Bertz CT molecular complexity index is 347. The van der Waals surface area contributed by atoms with Gasteiger partial charge in [0.1, 0.15) is 10.1 Å². The largest absolute Gasteiger partial charge is 1.00 e. The van der Waals surface area contributed by atoms with Crippen LogP contribution < -0.4 is 51.4 Å². The summed E-state index contributed by atoms with van der Waals surface area (Å²) in [5, 5.41) is 8.87. The molecule has 23 heavy (non-hydrogen) atoms. The first-order chi connectivity index (χ1) is 10.4. The predicted octanol–water partition coefficient (Wildman–Crippen LogP) is 1.38. The van der Waals surface area contributed by atoms with Crippen LogP contribution in [0.3, 0.4) is 0 Å². The van der Waals surface area contributed by atoms with Crippen LogP contribution in [0.4, 0.5) is 0 Å². The molecule has 2 unspecified atom stereocenters. The van der Waals surface area contributed by atoms with Gasteiger partial charge < -0.3 is 9.66 Å². The van der Waals surface area contributed by atoms with Gasteiger partial charge in [-0.2, -0.15) is 0 Å². The zero-order valence-corrected chi connectivity index (χ0v) is 19.4. The van der Waals surface area contributed by atoms with Crippen molar-refractivity contribution in [2.75, 3.05) is 0 Å². The number of unbranched alkanes of at least 4 members (excludes halogenated alkanes) is 9. The molecule has 0 aliphatic carbocycles. The van der Waals surface area contributed by atoms with E-state index in [1.165, 1.54) is 32.1 Å². The van der Waals surface area contributed by atoms with E-state index in [1.807, 2.05) is 0 Å². The fraction of sp³-hybridized carbons (Fsp3) is 1.00. The Labute approximate surface area is 186 Å². The molecule has 0 saturated carbocycles. The molecule has 0 heterocycles. The summed E-state index contributed by atoms with van der Waals surface area (Å²) in [4.78, 5) is 0. The van der Waals surface area contributed by atoms with Crippen LogP contribution in [0.15, 0.2) is 0 Å². The molecule has 6 heteroatoms. The van der Waals surface area contributed by atoms with Crippen LogP contribution in [0.1, 0.15) is 97.3 Å². The molecular weight excluding hydrogens is 339 g/mol. The van der Waals surface area contributed by atoms with Crippen molar-refractivity contribution < 1.29 is 69.5 Å². The van der Waals surface area contributed by atoms with E-state index < -0.39 is 21.5 Å². The van der Waals surface area contributed by atoms with Crippen molar-refractivity contribution in [2.45, 2.75) is 109 Å². The molecule has 0 radical (unpaired) electrons. The van der Waals surface area contributed by atoms with Gasteiger partial charge in [0.05, 0.1) is 11.4 Å². The maximum atomic E-state index is 11.3. The van der Waals surface area contributed by atoms with Crippen molar-refractivity contribution in [1.82, 2.24) is 0 Å². The molecule has 134 valence electrons. The van der Waals surface area contributed by atoms with Crippen molar-refractivity contribution >= 4 is 10.1 Å². The van der Waals surface area contributed by atoms with Crippen LogP contribution in [0.2, 0.25) is 0 Å². The fourth-order valence-corrected chi connectivity index (χ4v) is 3.77. The Kier molecular flexibility index (Phi) is 19.7. The topological polar surface area (TPSA) is 77.4 Å². The molecule has 0 aromatic carbocycles. The minimum Gasteiger partial charge on any atom is -0.748 e. The van der Waals surface area contributed by atoms with E-state index in [9.17, 15) is 18.1 Å². The van der Waals surface area contributed by atoms with E-state index in [4.69, 9.17) is 0 Å². The third kappa shape index (κ3) is 15.5. The molecule has 0 saturated heterocycles. The van der Waals surface area contributed by atoms with Crippen LogP contribution in [-0.4, -0.2) is 29.4 Å². The molecule has 0 fully saturated rings. The van der Waals surface area contributed by atoms with Crippen LogP contribution in [0, 0.1) is 0 Å². The second-order valence-electron chi connectivity index (χ2n) is 6.36. The second-order valence-corrected chi connectivity index (χ2v) is 7.95. The number of hydrogen-bond donors (Lipinski definition) is 1. The average Bonchev–Trinajstić information content (AvgIpc) is 2.44. The quantitative estimate of drug-likeness (QED) is 0.267. The molecule has 0 aliphatic rings. The Hall–Kier alpha value is 1.51. The molecule has 0 aromatic heterocycles. The average molecular weight is 375 g/mol. The summed E-state index contributed by atoms with van der Waals surface area (Å²) < 4.78 is 34.0. The molecule has 0 rings (SSSR count). The maximum Gasteiger partial charge on any atom is 1.00 e. The summed E-state index contributed by atoms with van der Waals surface area (Å²) in [6, 6.07) is 0. The van der Waals surface area contributed by atoms with Gasteiger partial charge in [-0.25, -0.2) is 8.42 Å². The summed E-state index contributed by atoms with van der Waals surface area (Å²) in [5.41, 5.74) is 0. The molecule has 0 aliphatic heterocycles. The zero-order chi connectivity index (χ0) is 16.8.